The van der Waals surface area contributed by atoms with Crippen LogP contribution in [0, 0.1) is 17.2 Å². The van der Waals surface area contributed by atoms with Crippen LogP contribution in [-0.4, -0.2) is 29.6 Å². The van der Waals surface area contributed by atoms with Gasteiger partial charge in [-0.25, -0.2) is 9.97 Å². The predicted molar refractivity (Wildman–Crippen MR) is 82.0 cm³/mol. The standard InChI is InChI=1S/C16H17N5/c17-10-14-4-3-8-19-16(14)21-9-6-13(12-21)11-20-15-5-1-2-7-18-15/h1-5,7-8,13H,6,9,11-12H2,(H,18,20)/t13-/m0/s1. The van der Waals surface area contributed by atoms with Gasteiger partial charge in [0.25, 0.3) is 0 Å². The monoisotopic (exact) mass is 279 g/mol. The molecule has 0 radical (unpaired) electrons. The lowest BCUT2D eigenvalue weighted by Gasteiger charge is -2.18. The van der Waals surface area contributed by atoms with Crippen LogP contribution >= 0.6 is 0 Å². The van der Waals surface area contributed by atoms with Crippen LogP contribution in [0.3, 0.4) is 0 Å². The summed E-state index contributed by atoms with van der Waals surface area (Å²) in [6, 6.07) is 11.7. The molecule has 2 aromatic rings. The van der Waals surface area contributed by atoms with Gasteiger partial charge in [-0.15, -0.1) is 0 Å². The molecule has 0 saturated carbocycles. The fraction of sp³-hybridized carbons (Fsp3) is 0.312. The van der Waals surface area contributed by atoms with Crippen LogP contribution in [0.1, 0.15) is 12.0 Å². The minimum atomic E-state index is 0.542. The molecule has 1 aliphatic heterocycles. The van der Waals surface area contributed by atoms with E-state index in [1.165, 1.54) is 0 Å². The van der Waals surface area contributed by atoms with E-state index in [4.69, 9.17) is 5.26 Å². The molecular formula is C16H17N5. The molecule has 1 fully saturated rings. The van der Waals surface area contributed by atoms with E-state index in [9.17, 15) is 0 Å². The van der Waals surface area contributed by atoms with Gasteiger partial charge in [0.05, 0.1) is 5.56 Å². The molecule has 0 aromatic carbocycles. The van der Waals surface area contributed by atoms with Gasteiger partial charge in [0.2, 0.25) is 0 Å². The summed E-state index contributed by atoms with van der Waals surface area (Å²) in [6.07, 6.45) is 4.63. The Morgan fingerprint density at radius 3 is 2.95 bits per heavy atom. The second kappa shape index (κ2) is 6.23. The highest BCUT2D eigenvalue weighted by molar-refractivity contribution is 5.54. The van der Waals surface area contributed by atoms with Crippen molar-refractivity contribution >= 4 is 11.6 Å². The highest BCUT2D eigenvalue weighted by atomic mass is 15.2. The number of anilines is 2. The molecule has 2 aromatic heterocycles. The summed E-state index contributed by atoms with van der Waals surface area (Å²) >= 11 is 0. The quantitative estimate of drug-likeness (QED) is 0.930. The van der Waals surface area contributed by atoms with Gasteiger partial charge < -0.3 is 10.2 Å². The van der Waals surface area contributed by atoms with Crippen LogP contribution in [0.25, 0.3) is 0 Å². The van der Waals surface area contributed by atoms with E-state index in [-0.39, 0.29) is 0 Å². The molecule has 1 aliphatic rings. The van der Waals surface area contributed by atoms with Gasteiger partial charge in [-0.1, -0.05) is 6.07 Å². The Morgan fingerprint density at radius 1 is 1.24 bits per heavy atom. The van der Waals surface area contributed by atoms with E-state index in [0.717, 1.165) is 37.7 Å². The Morgan fingerprint density at radius 2 is 2.14 bits per heavy atom. The fourth-order valence-electron chi connectivity index (χ4n) is 2.64. The van der Waals surface area contributed by atoms with Crippen molar-refractivity contribution in [3.8, 4) is 6.07 Å². The average molecular weight is 279 g/mol. The largest absolute Gasteiger partial charge is 0.370 e. The summed E-state index contributed by atoms with van der Waals surface area (Å²) in [5, 5.41) is 12.5. The van der Waals surface area contributed by atoms with Crippen molar-refractivity contribution in [1.29, 1.82) is 5.26 Å². The lowest BCUT2D eigenvalue weighted by Crippen LogP contribution is -2.24. The summed E-state index contributed by atoms with van der Waals surface area (Å²) < 4.78 is 0. The molecule has 3 rings (SSSR count). The molecule has 5 nitrogen and oxygen atoms in total. The minimum absolute atomic E-state index is 0.542. The van der Waals surface area contributed by atoms with Gasteiger partial charge in [0, 0.05) is 32.0 Å². The van der Waals surface area contributed by atoms with Crippen LogP contribution in [0.15, 0.2) is 42.7 Å². The zero-order chi connectivity index (χ0) is 14.5. The maximum absolute atomic E-state index is 9.16. The van der Waals surface area contributed by atoms with Crippen LogP contribution in [-0.2, 0) is 0 Å². The van der Waals surface area contributed by atoms with Crippen molar-refractivity contribution in [3.63, 3.8) is 0 Å². The summed E-state index contributed by atoms with van der Waals surface area (Å²) in [6.45, 7) is 2.76. The molecule has 1 atom stereocenters. The molecule has 0 spiro atoms. The normalized spacial score (nSPS) is 17.5. The van der Waals surface area contributed by atoms with Gasteiger partial charge >= 0.3 is 0 Å². The zero-order valence-corrected chi connectivity index (χ0v) is 11.7. The third-order valence-corrected chi connectivity index (χ3v) is 3.73. The molecular weight excluding hydrogens is 262 g/mol. The van der Waals surface area contributed by atoms with Crippen LogP contribution < -0.4 is 10.2 Å². The van der Waals surface area contributed by atoms with Crippen molar-refractivity contribution in [2.24, 2.45) is 5.92 Å². The second-order valence-corrected chi connectivity index (χ2v) is 5.18. The maximum Gasteiger partial charge on any atom is 0.146 e. The fourth-order valence-corrected chi connectivity index (χ4v) is 2.64. The van der Waals surface area contributed by atoms with Gasteiger partial charge in [-0.2, -0.15) is 5.26 Å². The SMILES string of the molecule is N#Cc1cccnc1N1CC[C@@H](CNc2ccccn2)C1. The molecule has 3 heterocycles. The number of hydrogen-bond donors (Lipinski definition) is 1. The molecule has 0 aliphatic carbocycles. The second-order valence-electron chi connectivity index (χ2n) is 5.18. The Kier molecular flexibility index (Phi) is 3.97. The highest BCUT2D eigenvalue weighted by Gasteiger charge is 2.24. The maximum atomic E-state index is 9.16. The number of rotatable bonds is 4. The summed E-state index contributed by atoms with van der Waals surface area (Å²) in [5.41, 5.74) is 0.649. The van der Waals surface area contributed by atoms with E-state index >= 15 is 0 Å². The van der Waals surface area contributed by atoms with Gasteiger partial charge in [-0.3, -0.25) is 0 Å². The Bertz CT molecular complexity index is 635. The molecule has 5 heteroatoms. The first kappa shape index (κ1) is 13.4. The molecule has 106 valence electrons. The van der Waals surface area contributed by atoms with Crippen LogP contribution in [0.2, 0.25) is 0 Å². The molecule has 0 amide bonds. The minimum Gasteiger partial charge on any atom is -0.370 e. The Hall–Kier alpha value is -2.61. The first-order valence-corrected chi connectivity index (χ1v) is 7.12. The van der Waals surface area contributed by atoms with E-state index < -0.39 is 0 Å². The molecule has 1 saturated heterocycles. The van der Waals surface area contributed by atoms with Crippen molar-refractivity contribution in [2.45, 2.75) is 6.42 Å². The van der Waals surface area contributed by atoms with E-state index in [2.05, 4.69) is 26.3 Å². The topological polar surface area (TPSA) is 64.8 Å². The number of nitriles is 1. The highest BCUT2D eigenvalue weighted by Crippen LogP contribution is 2.24. The van der Waals surface area contributed by atoms with Gasteiger partial charge in [0.1, 0.15) is 17.7 Å². The third kappa shape index (κ3) is 3.11. The summed E-state index contributed by atoms with van der Waals surface area (Å²) in [5.74, 6) is 2.26. The number of aromatic nitrogens is 2. The number of nitrogens with zero attached hydrogens (tertiary/aromatic N) is 4. The van der Waals surface area contributed by atoms with E-state index in [1.54, 1.807) is 18.5 Å². The number of pyridine rings is 2. The number of hydrogen-bond acceptors (Lipinski definition) is 5. The van der Waals surface area contributed by atoms with Gasteiger partial charge in [0.15, 0.2) is 0 Å². The average Bonchev–Trinajstić information content (AvgIpc) is 3.02. The van der Waals surface area contributed by atoms with Crippen molar-refractivity contribution in [2.75, 3.05) is 29.9 Å². The smallest absolute Gasteiger partial charge is 0.146 e. The van der Waals surface area contributed by atoms with Crippen molar-refractivity contribution in [3.05, 3.63) is 48.3 Å². The lowest BCUT2D eigenvalue weighted by atomic mass is 10.1. The Labute approximate surface area is 124 Å². The van der Waals surface area contributed by atoms with E-state index in [0.29, 0.717) is 11.5 Å². The first-order valence-electron chi connectivity index (χ1n) is 7.12. The lowest BCUT2D eigenvalue weighted by molar-refractivity contribution is 0.621. The molecule has 0 bridgehead atoms. The van der Waals surface area contributed by atoms with Gasteiger partial charge in [-0.05, 0) is 36.6 Å². The third-order valence-electron chi connectivity index (χ3n) is 3.73. The van der Waals surface area contributed by atoms with Crippen molar-refractivity contribution < 1.29 is 0 Å². The summed E-state index contributed by atoms with van der Waals surface area (Å²) in [7, 11) is 0. The molecule has 1 N–H and O–H groups in total. The Balaban J connectivity index is 1.60. The first-order chi connectivity index (χ1) is 10.4. The predicted octanol–water partition coefficient (Wildman–Crippen LogP) is 2.29. The summed E-state index contributed by atoms with van der Waals surface area (Å²) in [4.78, 5) is 10.8. The van der Waals surface area contributed by atoms with Crippen molar-refractivity contribution in [1.82, 2.24) is 9.97 Å². The molecule has 0 unspecified atom stereocenters. The van der Waals surface area contributed by atoms with Crippen LogP contribution in [0.5, 0.6) is 0 Å². The number of nitrogens with one attached hydrogen (secondary N) is 1. The van der Waals surface area contributed by atoms with Crippen LogP contribution in [0.4, 0.5) is 11.6 Å². The zero-order valence-electron chi connectivity index (χ0n) is 11.7. The van der Waals surface area contributed by atoms with E-state index in [1.807, 2.05) is 24.3 Å². The molecule has 21 heavy (non-hydrogen) atoms.